The molecule has 1 unspecified atom stereocenters. The Morgan fingerprint density at radius 1 is 1.39 bits per heavy atom. The highest BCUT2D eigenvalue weighted by Crippen LogP contribution is 2.35. The summed E-state index contributed by atoms with van der Waals surface area (Å²) in [4.78, 5) is 3.57. The van der Waals surface area contributed by atoms with Gasteiger partial charge in [-0.2, -0.15) is 10.2 Å². The highest BCUT2D eigenvalue weighted by atomic mass is 32.1. The number of quaternary nitrogens is 1. The largest absolute Gasteiger partial charge is 0.595 e. The maximum absolute atomic E-state index is 10.7. The SMILES string of the molecule is Nc1nc(O)c(N=Nc2cccc([NH+]([O-])O)c2)s1. The molecule has 9 heteroatoms. The van der Waals surface area contributed by atoms with Crippen molar-refractivity contribution in [2.45, 2.75) is 0 Å². The van der Waals surface area contributed by atoms with Gasteiger partial charge in [0.15, 0.2) is 10.8 Å². The molecule has 0 fully saturated rings. The van der Waals surface area contributed by atoms with Gasteiger partial charge in [-0.25, -0.2) is 5.21 Å². The molecule has 0 spiro atoms. The molecule has 1 heterocycles. The fourth-order valence-corrected chi connectivity index (χ4v) is 1.74. The molecule has 1 aromatic carbocycles. The van der Waals surface area contributed by atoms with E-state index in [1.165, 1.54) is 12.1 Å². The van der Waals surface area contributed by atoms with E-state index in [1.807, 2.05) is 0 Å². The van der Waals surface area contributed by atoms with E-state index in [0.29, 0.717) is 5.69 Å². The molecule has 2 rings (SSSR count). The fraction of sp³-hybridized carbons (Fsp3) is 0. The van der Waals surface area contributed by atoms with Crippen molar-refractivity contribution in [2.75, 3.05) is 5.73 Å². The number of aromatic hydroxyl groups is 1. The average molecular weight is 267 g/mol. The van der Waals surface area contributed by atoms with E-state index in [4.69, 9.17) is 10.9 Å². The first kappa shape index (κ1) is 12.4. The molecule has 1 aromatic heterocycles. The molecule has 0 bridgehead atoms. The van der Waals surface area contributed by atoms with E-state index in [2.05, 4.69) is 15.2 Å². The zero-order valence-electron chi connectivity index (χ0n) is 8.94. The van der Waals surface area contributed by atoms with Crippen LogP contribution < -0.4 is 11.0 Å². The summed E-state index contributed by atoms with van der Waals surface area (Å²) in [6, 6.07) is 5.97. The molecule has 0 aliphatic carbocycles. The minimum atomic E-state index is -1.04. The predicted octanol–water partition coefficient (Wildman–Crippen LogP) is 1.25. The van der Waals surface area contributed by atoms with Crippen LogP contribution in [0.1, 0.15) is 0 Å². The smallest absolute Gasteiger partial charge is 0.252 e. The lowest BCUT2D eigenvalue weighted by molar-refractivity contribution is -0.991. The number of nitrogens with zero attached hydrogens (tertiary/aromatic N) is 3. The first-order valence-electron chi connectivity index (χ1n) is 4.76. The molecular weight excluding hydrogens is 258 g/mol. The highest BCUT2D eigenvalue weighted by Gasteiger charge is 2.07. The molecule has 5 N–H and O–H groups in total. The summed E-state index contributed by atoms with van der Waals surface area (Å²) in [5.41, 5.74) is 5.85. The molecule has 2 aromatic rings. The van der Waals surface area contributed by atoms with Gasteiger partial charge in [0.05, 0.1) is 5.69 Å². The molecule has 1 atom stereocenters. The Labute approximate surface area is 105 Å². The molecule has 0 aliphatic heterocycles. The first-order chi connectivity index (χ1) is 8.56. The van der Waals surface area contributed by atoms with E-state index in [-0.39, 0.29) is 21.7 Å². The minimum absolute atomic E-state index is 0.111. The third-order valence-corrected chi connectivity index (χ3v) is 2.72. The van der Waals surface area contributed by atoms with Crippen molar-refractivity contribution < 1.29 is 15.5 Å². The maximum Gasteiger partial charge on any atom is 0.252 e. The van der Waals surface area contributed by atoms with E-state index in [0.717, 1.165) is 11.3 Å². The van der Waals surface area contributed by atoms with Crippen LogP contribution in [0.4, 0.5) is 21.5 Å². The van der Waals surface area contributed by atoms with Crippen LogP contribution >= 0.6 is 11.3 Å². The second kappa shape index (κ2) is 5.06. The Morgan fingerprint density at radius 2 is 2.17 bits per heavy atom. The molecule has 0 amide bonds. The average Bonchev–Trinajstić information content (AvgIpc) is 2.65. The van der Waals surface area contributed by atoms with Crippen LogP contribution in [0.5, 0.6) is 5.88 Å². The molecule has 18 heavy (non-hydrogen) atoms. The molecule has 0 aliphatic rings. The Balaban J connectivity index is 2.23. The molecular formula is C9H9N5O3S. The Hall–Kier alpha value is -2.07. The summed E-state index contributed by atoms with van der Waals surface area (Å²) in [6.45, 7) is 0. The topological polar surface area (TPSA) is 132 Å². The lowest BCUT2D eigenvalue weighted by Gasteiger charge is -2.10. The second-order valence-electron chi connectivity index (χ2n) is 3.24. The first-order valence-corrected chi connectivity index (χ1v) is 5.58. The van der Waals surface area contributed by atoms with Crippen LogP contribution in [-0.4, -0.2) is 15.3 Å². The van der Waals surface area contributed by atoms with Crippen molar-refractivity contribution in [2.24, 2.45) is 10.2 Å². The quantitative estimate of drug-likeness (QED) is 0.491. The minimum Gasteiger partial charge on any atom is -0.595 e. The van der Waals surface area contributed by atoms with Crippen molar-refractivity contribution in [1.82, 2.24) is 4.98 Å². The number of thiazole rings is 1. The van der Waals surface area contributed by atoms with Crippen LogP contribution in [-0.2, 0) is 0 Å². The molecule has 0 saturated heterocycles. The monoisotopic (exact) mass is 267 g/mol. The van der Waals surface area contributed by atoms with E-state index < -0.39 is 5.23 Å². The summed E-state index contributed by atoms with van der Waals surface area (Å²) in [5, 5.41) is 35.8. The van der Waals surface area contributed by atoms with Gasteiger partial charge in [-0.05, 0) is 6.07 Å². The summed E-state index contributed by atoms with van der Waals surface area (Å²) in [5.74, 6) is -0.296. The maximum atomic E-state index is 10.7. The highest BCUT2D eigenvalue weighted by molar-refractivity contribution is 7.19. The number of anilines is 1. The number of benzene rings is 1. The molecule has 0 radical (unpaired) electrons. The number of hydrogen-bond donors (Lipinski definition) is 4. The Kier molecular flexibility index (Phi) is 3.48. The molecule has 94 valence electrons. The molecule has 8 nitrogen and oxygen atoms in total. The third-order valence-electron chi connectivity index (χ3n) is 1.96. The van der Waals surface area contributed by atoms with Crippen molar-refractivity contribution in [3.63, 3.8) is 0 Å². The fourth-order valence-electron chi connectivity index (χ4n) is 1.19. The van der Waals surface area contributed by atoms with Crippen molar-refractivity contribution in [3.8, 4) is 5.88 Å². The number of nitrogens with one attached hydrogen (secondary N) is 1. The molecule has 0 saturated carbocycles. The van der Waals surface area contributed by atoms with Crippen molar-refractivity contribution >= 4 is 32.8 Å². The normalized spacial score (nSPS) is 13.0. The Bertz CT molecular complexity index is 583. The van der Waals surface area contributed by atoms with Gasteiger partial charge < -0.3 is 16.0 Å². The van der Waals surface area contributed by atoms with Crippen LogP contribution in [0.15, 0.2) is 34.5 Å². The third kappa shape index (κ3) is 2.78. The van der Waals surface area contributed by atoms with Gasteiger partial charge in [-0.3, -0.25) is 0 Å². The predicted molar refractivity (Wildman–Crippen MR) is 64.6 cm³/mol. The van der Waals surface area contributed by atoms with Crippen LogP contribution in [0, 0.1) is 5.21 Å². The van der Waals surface area contributed by atoms with Crippen molar-refractivity contribution in [1.29, 1.82) is 0 Å². The van der Waals surface area contributed by atoms with Gasteiger partial charge in [0.1, 0.15) is 0 Å². The van der Waals surface area contributed by atoms with Gasteiger partial charge in [0.2, 0.25) is 5.00 Å². The number of hydrogen-bond acceptors (Lipinski definition) is 8. The van der Waals surface area contributed by atoms with E-state index in [9.17, 15) is 10.3 Å². The van der Waals surface area contributed by atoms with Gasteiger partial charge in [0, 0.05) is 12.1 Å². The number of nitrogen functional groups attached to an aromatic ring is 1. The summed E-state index contributed by atoms with van der Waals surface area (Å²) >= 11 is 0.984. The van der Waals surface area contributed by atoms with Gasteiger partial charge >= 0.3 is 0 Å². The van der Waals surface area contributed by atoms with Gasteiger partial charge in [-0.15, -0.1) is 10.2 Å². The summed E-state index contributed by atoms with van der Waals surface area (Å²) < 4.78 is 0. The summed E-state index contributed by atoms with van der Waals surface area (Å²) in [6.07, 6.45) is 0. The van der Waals surface area contributed by atoms with E-state index in [1.54, 1.807) is 12.1 Å². The number of nitrogens with two attached hydrogens (primary N) is 1. The zero-order valence-corrected chi connectivity index (χ0v) is 9.76. The van der Waals surface area contributed by atoms with Crippen LogP contribution in [0.25, 0.3) is 0 Å². The van der Waals surface area contributed by atoms with Crippen molar-refractivity contribution in [3.05, 3.63) is 29.5 Å². The van der Waals surface area contributed by atoms with E-state index >= 15 is 0 Å². The standard InChI is InChI=1S/C9H9N5O3S/c10-9-11-7(15)8(18-9)13-12-5-2-1-3-6(4-5)14(16)17/h1-4,14-16H,(H2,10,11). The second-order valence-corrected chi connectivity index (χ2v) is 4.25. The van der Waals surface area contributed by atoms with Gasteiger partial charge in [0.25, 0.3) is 5.88 Å². The Morgan fingerprint density at radius 3 is 2.78 bits per heavy atom. The number of rotatable bonds is 3. The number of azo groups is 1. The zero-order chi connectivity index (χ0) is 13.1. The lowest BCUT2D eigenvalue weighted by atomic mass is 10.3. The van der Waals surface area contributed by atoms with Crippen LogP contribution in [0.3, 0.4) is 0 Å². The number of aromatic nitrogens is 1. The summed E-state index contributed by atoms with van der Waals surface area (Å²) in [7, 11) is 0. The van der Waals surface area contributed by atoms with Gasteiger partial charge in [-0.1, -0.05) is 17.4 Å². The van der Waals surface area contributed by atoms with Crippen LogP contribution in [0.2, 0.25) is 0 Å². The lowest BCUT2D eigenvalue weighted by Crippen LogP contribution is -2.99.